The maximum Gasteiger partial charge on any atom is 0.283 e. The van der Waals surface area contributed by atoms with Crippen LogP contribution in [0, 0.1) is 10.1 Å². The molecule has 0 unspecified atom stereocenters. The number of hydrogen-bond acceptors (Lipinski definition) is 5. The molecule has 0 aliphatic heterocycles. The lowest BCUT2D eigenvalue weighted by molar-refractivity contribution is -0.387. The molecule has 22 heavy (non-hydrogen) atoms. The van der Waals surface area contributed by atoms with Gasteiger partial charge in [0, 0.05) is 17.7 Å². The molecule has 0 aliphatic rings. The first-order valence-electron chi connectivity index (χ1n) is 6.89. The Kier molecular flexibility index (Phi) is 6.84. The molecular formula is C14H19N3O4S. The molecule has 3 N–H and O–H groups in total. The van der Waals surface area contributed by atoms with Gasteiger partial charge in [0.25, 0.3) is 5.69 Å². The summed E-state index contributed by atoms with van der Waals surface area (Å²) in [6, 6.07) is 4.09. The van der Waals surface area contributed by atoms with Crippen molar-refractivity contribution in [1.82, 2.24) is 5.32 Å². The molecule has 0 fully saturated rings. The van der Waals surface area contributed by atoms with Gasteiger partial charge in [-0.15, -0.1) is 11.8 Å². The van der Waals surface area contributed by atoms with E-state index in [4.69, 9.17) is 5.73 Å². The number of nitrogens with zero attached hydrogens (tertiary/aromatic N) is 1. The van der Waals surface area contributed by atoms with Crippen LogP contribution in [0.4, 0.5) is 5.69 Å². The Labute approximate surface area is 132 Å². The van der Waals surface area contributed by atoms with Crippen molar-refractivity contribution in [2.75, 3.05) is 5.75 Å². The highest BCUT2D eigenvalue weighted by atomic mass is 32.2. The van der Waals surface area contributed by atoms with Crippen LogP contribution >= 0.6 is 11.8 Å². The average Bonchev–Trinajstić information content (AvgIpc) is 2.50. The fourth-order valence-corrected chi connectivity index (χ4v) is 2.66. The van der Waals surface area contributed by atoms with Crippen molar-refractivity contribution in [1.29, 1.82) is 0 Å². The number of rotatable bonds is 8. The Morgan fingerprint density at radius 3 is 2.50 bits per heavy atom. The highest BCUT2D eigenvalue weighted by Crippen LogP contribution is 2.29. The third-order valence-electron chi connectivity index (χ3n) is 3.15. The summed E-state index contributed by atoms with van der Waals surface area (Å²) in [5.74, 6) is -0.828. The summed E-state index contributed by atoms with van der Waals surface area (Å²) >= 11 is 1.06. The number of nitro groups is 1. The molecule has 1 aromatic rings. The molecule has 8 heteroatoms. The van der Waals surface area contributed by atoms with Gasteiger partial charge in [0.2, 0.25) is 11.8 Å². The summed E-state index contributed by atoms with van der Waals surface area (Å²) in [6.45, 7) is 3.96. The summed E-state index contributed by atoms with van der Waals surface area (Å²) in [6.07, 6.45) is 1.67. The Morgan fingerprint density at radius 2 is 2.00 bits per heavy atom. The monoisotopic (exact) mass is 325 g/mol. The molecule has 2 amide bonds. The van der Waals surface area contributed by atoms with Crippen molar-refractivity contribution >= 4 is 29.3 Å². The molecule has 0 radical (unpaired) electrons. The SMILES string of the molecule is CCC(CC)NC(=O)CSc1ccc(C(N)=O)cc1[N+](=O)[O-]. The van der Waals surface area contributed by atoms with Crippen LogP contribution in [0.5, 0.6) is 0 Å². The molecule has 7 nitrogen and oxygen atoms in total. The normalized spacial score (nSPS) is 10.5. The second kappa shape index (κ2) is 8.38. The van der Waals surface area contributed by atoms with E-state index < -0.39 is 10.8 Å². The van der Waals surface area contributed by atoms with Gasteiger partial charge in [-0.3, -0.25) is 19.7 Å². The molecule has 0 atom stereocenters. The molecule has 0 aromatic heterocycles. The lowest BCUT2D eigenvalue weighted by Crippen LogP contribution is -2.35. The smallest absolute Gasteiger partial charge is 0.283 e. The van der Waals surface area contributed by atoms with E-state index in [9.17, 15) is 19.7 Å². The van der Waals surface area contributed by atoms with Crippen LogP contribution in [0.25, 0.3) is 0 Å². The number of thioether (sulfide) groups is 1. The van der Waals surface area contributed by atoms with Crippen LogP contribution in [-0.2, 0) is 4.79 Å². The number of amides is 2. The Morgan fingerprint density at radius 1 is 1.36 bits per heavy atom. The maximum atomic E-state index is 11.8. The molecule has 1 rings (SSSR count). The van der Waals surface area contributed by atoms with E-state index >= 15 is 0 Å². The van der Waals surface area contributed by atoms with E-state index in [0.717, 1.165) is 30.7 Å². The molecule has 0 aliphatic carbocycles. The van der Waals surface area contributed by atoms with Crippen LogP contribution in [0.3, 0.4) is 0 Å². The molecular weight excluding hydrogens is 306 g/mol. The van der Waals surface area contributed by atoms with Crippen molar-refractivity contribution in [2.24, 2.45) is 5.73 Å². The van der Waals surface area contributed by atoms with Crippen molar-refractivity contribution < 1.29 is 14.5 Å². The summed E-state index contributed by atoms with van der Waals surface area (Å²) in [5.41, 5.74) is 4.95. The Balaban J connectivity index is 2.79. The zero-order valence-electron chi connectivity index (χ0n) is 12.5. The number of primary amides is 1. The summed E-state index contributed by atoms with van der Waals surface area (Å²) < 4.78 is 0. The van der Waals surface area contributed by atoms with Gasteiger partial charge in [-0.2, -0.15) is 0 Å². The lowest BCUT2D eigenvalue weighted by atomic mass is 10.2. The number of carbonyl (C=O) groups excluding carboxylic acids is 2. The highest BCUT2D eigenvalue weighted by Gasteiger charge is 2.18. The van der Waals surface area contributed by atoms with E-state index in [2.05, 4.69) is 5.32 Å². The summed E-state index contributed by atoms with van der Waals surface area (Å²) in [4.78, 5) is 33.7. The van der Waals surface area contributed by atoms with Gasteiger partial charge >= 0.3 is 0 Å². The molecule has 0 heterocycles. The zero-order valence-corrected chi connectivity index (χ0v) is 13.3. The number of benzene rings is 1. The molecule has 120 valence electrons. The van der Waals surface area contributed by atoms with Crippen molar-refractivity contribution in [3.8, 4) is 0 Å². The fraction of sp³-hybridized carbons (Fsp3) is 0.429. The van der Waals surface area contributed by atoms with E-state index in [1.807, 2.05) is 13.8 Å². The first-order chi connectivity index (χ1) is 10.4. The van der Waals surface area contributed by atoms with Gasteiger partial charge < -0.3 is 11.1 Å². The first kappa shape index (κ1) is 18.0. The van der Waals surface area contributed by atoms with Crippen LogP contribution in [0.15, 0.2) is 23.1 Å². The van der Waals surface area contributed by atoms with Crippen molar-refractivity contribution in [2.45, 2.75) is 37.6 Å². The lowest BCUT2D eigenvalue weighted by Gasteiger charge is -2.14. The van der Waals surface area contributed by atoms with Crippen molar-refractivity contribution in [3.63, 3.8) is 0 Å². The Hall–Kier alpha value is -2.09. The number of nitrogens with one attached hydrogen (secondary N) is 1. The summed E-state index contributed by atoms with van der Waals surface area (Å²) in [5, 5.41) is 13.9. The molecule has 0 saturated heterocycles. The standard InChI is InChI=1S/C14H19N3O4S/c1-3-10(4-2)16-13(18)8-22-12-6-5-9(14(15)19)7-11(12)17(20)21/h5-7,10H,3-4,8H2,1-2H3,(H2,15,19)(H,16,18). The van der Waals surface area contributed by atoms with E-state index in [-0.39, 0.29) is 29.0 Å². The average molecular weight is 325 g/mol. The van der Waals surface area contributed by atoms with E-state index in [0.29, 0.717) is 4.90 Å². The third-order valence-corrected chi connectivity index (χ3v) is 4.21. The minimum Gasteiger partial charge on any atom is -0.366 e. The second-order valence-electron chi connectivity index (χ2n) is 4.67. The quantitative estimate of drug-likeness (QED) is 0.431. The van der Waals surface area contributed by atoms with Crippen LogP contribution in [-0.4, -0.2) is 28.5 Å². The first-order valence-corrected chi connectivity index (χ1v) is 7.88. The van der Waals surface area contributed by atoms with Crippen LogP contribution < -0.4 is 11.1 Å². The minimum atomic E-state index is -0.730. The molecule has 0 spiro atoms. The number of hydrogen-bond donors (Lipinski definition) is 2. The molecule has 1 aromatic carbocycles. The second-order valence-corrected chi connectivity index (χ2v) is 5.69. The topological polar surface area (TPSA) is 115 Å². The van der Waals surface area contributed by atoms with Gasteiger partial charge in [0.1, 0.15) is 0 Å². The van der Waals surface area contributed by atoms with Crippen LogP contribution in [0.2, 0.25) is 0 Å². The van der Waals surface area contributed by atoms with E-state index in [1.165, 1.54) is 12.1 Å². The zero-order chi connectivity index (χ0) is 16.7. The minimum absolute atomic E-state index is 0.0672. The molecule has 0 bridgehead atoms. The third kappa shape index (κ3) is 5.03. The number of nitro benzene ring substituents is 1. The van der Waals surface area contributed by atoms with Gasteiger partial charge in [-0.25, -0.2) is 0 Å². The van der Waals surface area contributed by atoms with Crippen molar-refractivity contribution in [3.05, 3.63) is 33.9 Å². The maximum absolute atomic E-state index is 11.8. The number of carbonyl (C=O) groups is 2. The van der Waals surface area contributed by atoms with Gasteiger partial charge in [0.05, 0.1) is 15.6 Å². The predicted octanol–water partition coefficient (Wildman–Crippen LogP) is 2.09. The summed E-state index contributed by atoms with van der Waals surface area (Å²) in [7, 11) is 0. The van der Waals surface area contributed by atoms with Gasteiger partial charge in [-0.05, 0) is 25.0 Å². The van der Waals surface area contributed by atoms with Gasteiger partial charge in [-0.1, -0.05) is 13.8 Å². The highest BCUT2D eigenvalue weighted by molar-refractivity contribution is 8.00. The fourth-order valence-electron chi connectivity index (χ4n) is 1.84. The largest absolute Gasteiger partial charge is 0.366 e. The predicted molar refractivity (Wildman–Crippen MR) is 84.9 cm³/mol. The number of nitrogens with two attached hydrogens (primary N) is 1. The van der Waals surface area contributed by atoms with Crippen LogP contribution in [0.1, 0.15) is 37.0 Å². The molecule has 0 saturated carbocycles. The van der Waals surface area contributed by atoms with E-state index in [1.54, 1.807) is 0 Å². The van der Waals surface area contributed by atoms with Gasteiger partial charge in [0.15, 0.2) is 0 Å². The Bertz CT molecular complexity index is 573.